The number of halogens is 1. The van der Waals surface area contributed by atoms with Crippen molar-refractivity contribution in [2.24, 2.45) is 46.8 Å². The lowest BCUT2D eigenvalue weighted by Crippen LogP contribution is -2.47. The van der Waals surface area contributed by atoms with E-state index in [1.165, 1.54) is 62.2 Å². The van der Waals surface area contributed by atoms with Crippen molar-refractivity contribution in [3.05, 3.63) is 11.1 Å². The molecule has 2 nitrogen and oxygen atoms in total. The Hall–Kier alpha value is -0.0600. The molecule has 0 amide bonds. The zero-order valence-corrected chi connectivity index (χ0v) is 23.5. The number of fused-ring (bicyclic) bond motifs is 4. The smallest absolute Gasteiger partial charge is 0.302 e. The Morgan fingerprint density at radius 2 is 1.91 bits per heavy atom. The molecule has 4 aliphatic rings. The second-order valence-corrected chi connectivity index (χ2v) is 13.4. The molecule has 2 fully saturated rings. The van der Waals surface area contributed by atoms with Crippen LogP contribution >= 0.6 is 22.6 Å². The molecule has 0 saturated heterocycles. The Morgan fingerprint density at radius 1 is 1.12 bits per heavy atom. The molecule has 4 aliphatic carbocycles. The van der Waals surface area contributed by atoms with Crippen molar-refractivity contribution in [1.82, 2.24) is 0 Å². The van der Waals surface area contributed by atoms with Crippen molar-refractivity contribution >= 4 is 28.6 Å². The quantitative estimate of drug-likeness (QED) is 0.137. The van der Waals surface area contributed by atoms with E-state index in [9.17, 15) is 4.79 Å². The summed E-state index contributed by atoms with van der Waals surface area (Å²) in [7, 11) is 0. The van der Waals surface area contributed by atoms with E-state index in [-0.39, 0.29) is 12.1 Å². The van der Waals surface area contributed by atoms with Gasteiger partial charge in [0.15, 0.2) is 0 Å². The first-order valence-electron chi connectivity index (χ1n) is 13.7. The number of alkyl halides is 1. The molecule has 8 atom stereocenters. The third-order valence-corrected chi connectivity index (χ3v) is 11.3. The molecule has 0 aromatic carbocycles. The van der Waals surface area contributed by atoms with Crippen molar-refractivity contribution < 1.29 is 9.53 Å². The van der Waals surface area contributed by atoms with Gasteiger partial charge in [0.25, 0.3) is 0 Å². The van der Waals surface area contributed by atoms with Crippen molar-refractivity contribution in [2.75, 3.05) is 4.43 Å². The normalized spacial score (nSPS) is 40.0. The van der Waals surface area contributed by atoms with Crippen molar-refractivity contribution in [3.63, 3.8) is 0 Å². The van der Waals surface area contributed by atoms with Gasteiger partial charge in [-0.05, 0) is 91.8 Å². The molecule has 0 bridgehead atoms. The summed E-state index contributed by atoms with van der Waals surface area (Å²) >= 11 is 2.63. The third-order valence-electron chi connectivity index (χ3n) is 10.2. The molecule has 32 heavy (non-hydrogen) atoms. The zero-order chi connectivity index (χ0) is 23.0. The van der Waals surface area contributed by atoms with Crippen molar-refractivity contribution in [2.45, 2.75) is 111 Å². The number of esters is 1. The maximum Gasteiger partial charge on any atom is 0.302 e. The van der Waals surface area contributed by atoms with E-state index in [1.807, 2.05) is 5.57 Å². The van der Waals surface area contributed by atoms with Crippen LogP contribution in [0.5, 0.6) is 0 Å². The highest BCUT2D eigenvalue weighted by molar-refractivity contribution is 14.1. The predicted molar refractivity (Wildman–Crippen MR) is 142 cm³/mol. The molecule has 0 aromatic rings. The molecule has 182 valence electrons. The van der Waals surface area contributed by atoms with Crippen LogP contribution in [-0.4, -0.2) is 16.5 Å². The fraction of sp³-hybridized carbons (Fsp3) is 0.897. The molecule has 0 spiro atoms. The highest BCUT2D eigenvalue weighted by Gasteiger charge is 2.56. The van der Waals surface area contributed by atoms with Crippen LogP contribution in [-0.2, 0) is 9.53 Å². The summed E-state index contributed by atoms with van der Waals surface area (Å²) in [6, 6.07) is 0. The Bertz CT molecular complexity index is 712. The summed E-state index contributed by atoms with van der Waals surface area (Å²) in [6.45, 7) is 11.6. The first-order valence-corrected chi connectivity index (χ1v) is 15.2. The van der Waals surface area contributed by atoms with Crippen LogP contribution < -0.4 is 0 Å². The number of allylic oxidation sites excluding steroid dienone is 1. The highest BCUT2D eigenvalue weighted by atomic mass is 127. The van der Waals surface area contributed by atoms with E-state index in [0.29, 0.717) is 5.41 Å². The maximum atomic E-state index is 11.6. The van der Waals surface area contributed by atoms with E-state index >= 15 is 0 Å². The molecule has 1 unspecified atom stereocenters. The zero-order valence-electron chi connectivity index (χ0n) is 21.3. The Kier molecular flexibility index (Phi) is 8.05. The van der Waals surface area contributed by atoms with Crippen LogP contribution in [0, 0.1) is 46.8 Å². The maximum absolute atomic E-state index is 11.6. The van der Waals surface area contributed by atoms with Gasteiger partial charge in [0, 0.05) is 17.8 Å². The van der Waals surface area contributed by atoms with E-state index in [2.05, 4.69) is 50.3 Å². The molecule has 0 N–H and O–H groups in total. The van der Waals surface area contributed by atoms with Crippen LogP contribution in [0.1, 0.15) is 105 Å². The summed E-state index contributed by atoms with van der Waals surface area (Å²) < 4.78 is 6.89. The highest BCUT2D eigenvalue weighted by Crippen LogP contribution is 2.65. The van der Waals surface area contributed by atoms with Gasteiger partial charge in [-0.1, -0.05) is 80.7 Å². The van der Waals surface area contributed by atoms with Crippen LogP contribution in [0.2, 0.25) is 0 Å². The summed E-state index contributed by atoms with van der Waals surface area (Å²) in [5.74, 6) is 5.95. The molecular formula is C29H47IO2. The van der Waals surface area contributed by atoms with Gasteiger partial charge in [-0.2, -0.15) is 0 Å². The first kappa shape index (κ1) is 25.0. The third kappa shape index (κ3) is 4.85. The lowest BCUT2D eigenvalue weighted by molar-refractivity contribution is -0.147. The molecule has 3 heteroatoms. The van der Waals surface area contributed by atoms with E-state index in [0.717, 1.165) is 54.3 Å². The van der Waals surface area contributed by atoms with Crippen LogP contribution in [0.4, 0.5) is 0 Å². The minimum atomic E-state index is -0.105. The fourth-order valence-electron chi connectivity index (χ4n) is 8.84. The van der Waals surface area contributed by atoms with Gasteiger partial charge in [-0.3, -0.25) is 4.79 Å². The van der Waals surface area contributed by atoms with Gasteiger partial charge >= 0.3 is 5.97 Å². The van der Waals surface area contributed by atoms with Crippen molar-refractivity contribution in [1.29, 1.82) is 0 Å². The van der Waals surface area contributed by atoms with Gasteiger partial charge < -0.3 is 4.74 Å². The van der Waals surface area contributed by atoms with Crippen molar-refractivity contribution in [3.8, 4) is 0 Å². The number of carbonyl (C=O) groups excluding carboxylic acids is 1. The predicted octanol–water partition coefficient (Wildman–Crippen LogP) is 8.37. The average Bonchev–Trinajstić information content (AvgIpc) is 3.09. The van der Waals surface area contributed by atoms with E-state index in [1.54, 1.807) is 12.5 Å². The second kappa shape index (κ2) is 10.3. The van der Waals surface area contributed by atoms with Gasteiger partial charge in [0.2, 0.25) is 0 Å². The lowest BCUT2D eigenvalue weighted by atomic mass is 9.51. The number of hydrogen-bond acceptors (Lipinski definition) is 2. The number of carbonyl (C=O) groups is 1. The lowest BCUT2D eigenvalue weighted by Gasteiger charge is -2.54. The number of hydrogen-bond donors (Lipinski definition) is 0. The topological polar surface area (TPSA) is 26.3 Å². The molecule has 0 aromatic heterocycles. The summed E-state index contributed by atoms with van der Waals surface area (Å²) in [5.41, 5.74) is 4.10. The minimum absolute atomic E-state index is 0.105. The molecule has 4 rings (SSSR count). The van der Waals surface area contributed by atoms with Gasteiger partial charge in [-0.15, -0.1) is 0 Å². The molecular weight excluding hydrogens is 507 g/mol. The van der Waals surface area contributed by atoms with Crippen LogP contribution in [0.25, 0.3) is 0 Å². The second-order valence-electron chi connectivity index (χ2n) is 12.5. The van der Waals surface area contributed by atoms with Crippen LogP contribution in [0.15, 0.2) is 11.1 Å². The summed E-state index contributed by atoms with van der Waals surface area (Å²) in [5, 5.41) is 0. The SMILES string of the molecule is CC(=O)O[C@H]1CCC2=C(C1)C(CI)C[C@@H]1[C@@H]2CC[C@]2(C)[C@@H]([C@H](C)CCCC(C)C)CC[C@@H]12. The fourth-order valence-corrected chi connectivity index (χ4v) is 9.73. The van der Waals surface area contributed by atoms with Gasteiger partial charge in [0.05, 0.1) is 0 Å². The Labute approximate surface area is 211 Å². The molecule has 0 radical (unpaired) electrons. The molecule has 0 heterocycles. The average molecular weight is 555 g/mol. The molecule has 0 aliphatic heterocycles. The summed E-state index contributed by atoms with van der Waals surface area (Å²) in [4.78, 5) is 11.6. The monoisotopic (exact) mass is 554 g/mol. The number of ether oxygens (including phenoxy) is 1. The molecule has 2 saturated carbocycles. The van der Waals surface area contributed by atoms with E-state index in [4.69, 9.17) is 4.74 Å². The number of rotatable bonds is 7. The Balaban J connectivity index is 1.50. The van der Waals surface area contributed by atoms with E-state index < -0.39 is 0 Å². The largest absolute Gasteiger partial charge is 0.462 e. The van der Waals surface area contributed by atoms with Gasteiger partial charge in [-0.25, -0.2) is 0 Å². The standard InChI is InChI=1S/C29H47IO2/c1-18(2)7-6-8-19(3)27-11-12-28-26-15-21(17-30)25-16-22(32-20(4)31)9-10-23(25)24(26)13-14-29(27,28)5/h18-19,21-22,24,26-28H,6-17H2,1-5H3/t19-,21?,22+,24-,26-,27-,28+,29-/m1/s1. The minimum Gasteiger partial charge on any atom is -0.462 e. The summed E-state index contributed by atoms with van der Waals surface area (Å²) in [6.07, 6.45) is 14.8. The van der Waals surface area contributed by atoms with Gasteiger partial charge in [0.1, 0.15) is 6.10 Å². The Morgan fingerprint density at radius 3 is 2.59 bits per heavy atom. The first-order chi connectivity index (χ1) is 15.2. The van der Waals surface area contributed by atoms with Crippen LogP contribution in [0.3, 0.4) is 0 Å².